The lowest BCUT2D eigenvalue weighted by atomic mass is 10.0. The molecule has 0 spiro atoms. The Balaban J connectivity index is 3.14. The predicted octanol–water partition coefficient (Wildman–Crippen LogP) is 1.88. The van der Waals surface area contributed by atoms with Crippen LogP contribution < -0.4 is 15.8 Å². The first-order valence-electron chi connectivity index (χ1n) is 4.85. The summed E-state index contributed by atoms with van der Waals surface area (Å²) in [5, 5.41) is 3.77. The van der Waals surface area contributed by atoms with E-state index in [1.807, 2.05) is 26.1 Å². The monoisotopic (exact) mass is 228 g/mol. The van der Waals surface area contributed by atoms with Crippen LogP contribution in [-0.2, 0) is 0 Å². The molecule has 0 aromatic heterocycles. The second kappa shape index (κ2) is 5.35. The Hall–Kier alpha value is -0.770. The van der Waals surface area contributed by atoms with Crippen molar-refractivity contribution in [1.29, 1.82) is 0 Å². The number of nitrogens with two attached hydrogens (primary N) is 1. The van der Waals surface area contributed by atoms with Crippen molar-refractivity contribution >= 4 is 11.6 Å². The second-order valence-corrected chi connectivity index (χ2v) is 3.83. The summed E-state index contributed by atoms with van der Waals surface area (Å²) >= 11 is 6.07. The summed E-state index contributed by atoms with van der Waals surface area (Å²) in [6.45, 7) is 2.56. The van der Waals surface area contributed by atoms with Gasteiger partial charge in [0.05, 0.1) is 12.1 Å². The first kappa shape index (κ1) is 12.3. The number of methoxy groups -OCH3 is 1. The quantitative estimate of drug-likeness (QED) is 0.827. The maximum Gasteiger partial charge on any atom is 0.137 e. The van der Waals surface area contributed by atoms with Gasteiger partial charge in [0.1, 0.15) is 5.75 Å². The third-order valence-corrected chi connectivity index (χ3v) is 2.80. The molecule has 0 radical (unpaired) electrons. The summed E-state index contributed by atoms with van der Waals surface area (Å²) in [6.07, 6.45) is 0. The number of nitrogens with one attached hydrogen (secondary N) is 1. The lowest BCUT2D eigenvalue weighted by Crippen LogP contribution is -2.25. The molecule has 1 unspecified atom stereocenters. The van der Waals surface area contributed by atoms with Crippen molar-refractivity contribution in [3.05, 3.63) is 28.3 Å². The zero-order chi connectivity index (χ0) is 11.4. The van der Waals surface area contributed by atoms with Crippen molar-refractivity contribution in [3.63, 3.8) is 0 Å². The van der Waals surface area contributed by atoms with Crippen LogP contribution in [0.3, 0.4) is 0 Å². The van der Waals surface area contributed by atoms with E-state index < -0.39 is 0 Å². The van der Waals surface area contributed by atoms with Gasteiger partial charge in [-0.2, -0.15) is 0 Å². The molecule has 1 rings (SSSR count). The molecule has 0 amide bonds. The predicted molar refractivity (Wildman–Crippen MR) is 63.6 cm³/mol. The van der Waals surface area contributed by atoms with Gasteiger partial charge in [0.15, 0.2) is 0 Å². The molecule has 15 heavy (non-hydrogen) atoms. The molecule has 0 heterocycles. The van der Waals surface area contributed by atoms with Crippen LogP contribution in [0, 0.1) is 6.92 Å². The van der Waals surface area contributed by atoms with Gasteiger partial charge in [-0.3, -0.25) is 0 Å². The standard InChI is InChI=1S/C11H17ClN2O/c1-7-4-11(15-3)9(12)5-8(7)10(6-13)14-2/h4-5,10,14H,6,13H2,1-3H3. The summed E-state index contributed by atoms with van der Waals surface area (Å²) in [7, 11) is 3.49. The van der Waals surface area contributed by atoms with E-state index in [0.29, 0.717) is 17.3 Å². The molecule has 0 aliphatic heterocycles. The van der Waals surface area contributed by atoms with Crippen LogP contribution in [0.15, 0.2) is 12.1 Å². The fraction of sp³-hybridized carbons (Fsp3) is 0.455. The normalized spacial score (nSPS) is 12.6. The third-order valence-electron chi connectivity index (χ3n) is 2.50. The molecule has 4 heteroatoms. The number of rotatable bonds is 4. The number of hydrogen-bond acceptors (Lipinski definition) is 3. The van der Waals surface area contributed by atoms with Crippen molar-refractivity contribution in [2.24, 2.45) is 5.73 Å². The van der Waals surface area contributed by atoms with Gasteiger partial charge >= 0.3 is 0 Å². The third kappa shape index (κ3) is 2.62. The van der Waals surface area contributed by atoms with E-state index in [1.54, 1.807) is 7.11 Å². The van der Waals surface area contributed by atoms with Gasteiger partial charge in [-0.1, -0.05) is 11.6 Å². The molecule has 0 fully saturated rings. The summed E-state index contributed by atoms with van der Waals surface area (Å²) < 4.78 is 5.14. The molecular weight excluding hydrogens is 212 g/mol. The number of hydrogen-bond donors (Lipinski definition) is 2. The van der Waals surface area contributed by atoms with Gasteiger partial charge in [0.2, 0.25) is 0 Å². The Morgan fingerprint density at radius 2 is 2.20 bits per heavy atom. The minimum atomic E-state index is 0.133. The van der Waals surface area contributed by atoms with Crippen LogP contribution in [0.4, 0.5) is 0 Å². The van der Waals surface area contributed by atoms with Gasteiger partial charge in [0, 0.05) is 12.6 Å². The molecule has 1 atom stereocenters. The van der Waals surface area contributed by atoms with E-state index in [1.165, 1.54) is 0 Å². The van der Waals surface area contributed by atoms with E-state index in [9.17, 15) is 0 Å². The van der Waals surface area contributed by atoms with Crippen molar-refractivity contribution in [2.45, 2.75) is 13.0 Å². The van der Waals surface area contributed by atoms with Gasteiger partial charge in [-0.15, -0.1) is 0 Å². The van der Waals surface area contributed by atoms with E-state index in [-0.39, 0.29) is 6.04 Å². The minimum Gasteiger partial charge on any atom is -0.495 e. The fourth-order valence-corrected chi connectivity index (χ4v) is 1.85. The largest absolute Gasteiger partial charge is 0.495 e. The van der Waals surface area contributed by atoms with Crippen LogP contribution in [-0.4, -0.2) is 20.7 Å². The maximum atomic E-state index is 6.07. The Kier molecular flexibility index (Phi) is 4.39. The summed E-state index contributed by atoms with van der Waals surface area (Å²) in [5.74, 6) is 0.699. The molecule has 84 valence electrons. The summed E-state index contributed by atoms with van der Waals surface area (Å²) in [5.41, 5.74) is 7.91. The molecule has 0 aliphatic rings. The van der Waals surface area contributed by atoms with Crippen LogP contribution >= 0.6 is 11.6 Å². The van der Waals surface area contributed by atoms with Gasteiger partial charge in [-0.25, -0.2) is 0 Å². The van der Waals surface area contributed by atoms with Crippen molar-refractivity contribution in [1.82, 2.24) is 5.32 Å². The number of halogens is 1. The highest BCUT2D eigenvalue weighted by atomic mass is 35.5. The first-order chi connectivity index (χ1) is 7.13. The highest BCUT2D eigenvalue weighted by molar-refractivity contribution is 6.32. The summed E-state index contributed by atoms with van der Waals surface area (Å²) in [4.78, 5) is 0. The maximum absolute atomic E-state index is 6.07. The van der Waals surface area contributed by atoms with Crippen LogP contribution in [0.25, 0.3) is 0 Å². The zero-order valence-corrected chi connectivity index (χ0v) is 10.1. The Bertz CT molecular complexity index is 338. The highest BCUT2D eigenvalue weighted by Crippen LogP contribution is 2.30. The van der Waals surface area contributed by atoms with E-state index >= 15 is 0 Å². The second-order valence-electron chi connectivity index (χ2n) is 3.42. The molecular formula is C11H17ClN2O. The zero-order valence-electron chi connectivity index (χ0n) is 9.30. The lowest BCUT2D eigenvalue weighted by Gasteiger charge is -2.18. The van der Waals surface area contributed by atoms with Crippen molar-refractivity contribution in [3.8, 4) is 5.75 Å². The van der Waals surface area contributed by atoms with E-state index in [4.69, 9.17) is 22.1 Å². The van der Waals surface area contributed by atoms with E-state index in [0.717, 1.165) is 11.1 Å². The van der Waals surface area contributed by atoms with E-state index in [2.05, 4.69) is 5.32 Å². The van der Waals surface area contributed by atoms with Gasteiger partial charge in [0.25, 0.3) is 0 Å². The van der Waals surface area contributed by atoms with Gasteiger partial charge in [-0.05, 0) is 37.2 Å². The topological polar surface area (TPSA) is 47.3 Å². The minimum absolute atomic E-state index is 0.133. The van der Waals surface area contributed by atoms with Crippen molar-refractivity contribution in [2.75, 3.05) is 20.7 Å². The smallest absolute Gasteiger partial charge is 0.137 e. The van der Waals surface area contributed by atoms with Crippen molar-refractivity contribution < 1.29 is 4.74 Å². The molecule has 1 aromatic rings. The molecule has 0 saturated heterocycles. The molecule has 3 N–H and O–H groups in total. The summed E-state index contributed by atoms with van der Waals surface area (Å²) in [6, 6.07) is 3.97. The highest BCUT2D eigenvalue weighted by Gasteiger charge is 2.13. The Morgan fingerprint density at radius 1 is 1.53 bits per heavy atom. The Morgan fingerprint density at radius 3 is 2.67 bits per heavy atom. The average molecular weight is 229 g/mol. The van der Waals surface area contributed by atoms with Gasteiger partial charge < -0.3 is 15.8 Å². The molecule has 0 saturated carbocycles. The van der Waals surface area contributed by atoms with Crippen LogP contribution in [0.2, 0.25) is 5.02 Å². The lowest BCUT2D eigenvalue weighted by molar-refractivity contribution is 0.414. The average Bonchev–Trinajstić information content (AvgIpc) is 2.24. The number of likely N-dealkylation sites (N-methyl/N-ethyl adjacent to an activating group) is 1. The molecule has 3 nitrogen and oxygen atoms in total. The SMILES string of the molecule is CNC(CN)c1cc(Cl)c(OC)cc1C. The Labute approximate surface area is 95.6 Å². The molecule has 0 aliphatic carbocycles. The van der Waals surface area contributed by atoms with Crippen LogP contribution in [0.1, 0.15) is 17.2 Å². The number of ether oxygens (including phenoxy) is 1. The first-order valence-corrected chi connectivity index (χ1v) is 5.23. The molecule has 0 bridgehead atoms. The van der Waals surface area contributed by atoms with Crippen LogP contribution in [0.5, 0.6) is 5.75 Å². The molecule has 1 aromatic carbocycles. The number of aryl methyl sites for hydroxylation is 1. The number of benzene rings is 1. The fourth-order valence-electron chi connectivity index (χ4n) is 1.60.